The molecule has 3 aromatic rings. The predicted octanol–water partition coefficient (Wildman–Crippen LogP) is 5.15. The smallest absolute Gasteiger partial charge is 0.271 e. The van der Waals surface area contributed by atoms with E-state index in [9.17, 15) is 9.59 Å². The molecule has 0 aliphatic rings. The van der Waals surface area contributed by atoms with E-state index >= 15 is 0 Å². The van der Waals surface area contributed by atoms with Crippen LogP contribution in [0.25, 0.3) is 0 Å². The Morgan fingerprint density at radius 3 is 2.31 bits per heavy atom. The van der Waals surface area contributed by atoms with Crippen LogP contribution in [0.1, 0.15) is 26.5 Å². The molecule has 0 bridgehead atoms. The Kier molecular flexibility index (Phi) is 6.56. The van der Waals surface area contributed by atoms with Gasteiger partial charge in [-0.2, -0.15) is 0 Å². The SMILES string of the molecule is Cc1nc(C(=O)N(C)C)ccc1C(=O)Nc1ccc(Sc2ccccc2Cl)cc1. The second kappa shape index (κ2) is 9.11. The van der Waals surface area contributed by atoms with E-state index in [4.69, 9.17) is 11.6 Å². The molecule has 1 heterocycles. The molecule has 2 amide bonds. The number of nitrogens with one attached hydrogen (secondary N) is 1. The summed E-state index contributed by atoms with van der Waals surface area (Å²) in [4.78, 5) is 32.3. The molecule has 0 fully saturated rings. The highest BCUT2D eigenvalue weighted by atomic mass is 35.5. The van der Waals surface area contributed by atoms with Crippen LogP contribution in [0, 0.1) is 6.92 Å². The second-order valence-corrected chi connectivity index (χ2v) is 8.06. The monoisotopic (exact) mass is 425 g/mol. The van der Waals surface area contributed by atoms with Crippen molar-refractivity contribution in [2.75, 3.05) is 19.4 Å². The van der Waals surface area contributed by atoms with Gasteiger partial charge in [-0.25, -0.2) is 4.98 Å². The third-order valence-corrected chi connectivity index (χ3v) is 5.66. The van der Waals surface area contributed by atoms with Gasteiger partial charge in [0.25, 0.3) is 11.8 Å². The molecule has 29 heavy (non-hydrogen) atoms. The predicted molar refractivity (Wildman–Crippen MR) is 117 cm³/mol. The van der Waals surface area contributed by atoms with Crippen LogP contribution in [0.2, 0.25) is 5.02 Å². The molecule has 0 aliphatic heterocycles. The zero-order chi connectivity index (χ0) is 21.0. The largest absolute Gasteiger partial charge is 0.343 e. The maximum Gasteiger partial charge on any atom is 0.271 e. The number of benzene rings is 2. The fraction of sp³-hybridized carbons (Fsp3) is 0.136. The molecule has 2 aromatic carbocycles. The molecule has 5 nitrogen and oxygen atoms in total. The number of aryl methyl sites for hydroxylation is 1. The summed E-state index contributed by atoms with van der Waals surface area (Å²) >= 11 is 7.75. The van der Waals surface area contributed by atoms with E-state index in [1.807, 2.05) is 48.5 Å². The molecular weight excluding hydrogens is 406 g/mol. The summed E-state index contributed by atoms with van der Waals surface area (Å²) in [6.45, 7) is 1.71. The molecule has 0 saturated heterocycles. The Bertz CT molecular complexity index is 1050. The molecule has 148 valence electrons. The average Bonchev–Trinajstić information content (AvgIpc) is 2.70. The van der Waals surface area contributed by atoms with E-state index in [2.05, 4.69) is 10.3 Å². The lowest BCUT2D eigenvalue weighted by atomic mass is 10.1. The number of halogens is 1. The normalized spacial score (nSPS) is 10.5. The van der Waals surface area contributed by atoms with Gasteiger partial charge < -0.3 is 10.2 Å². The van der Waals surface area contributed by atoms with Crippen LogP contribution in [0.3, 0.4) is 0 Å². The summed E-state index contributed by atoms with van der Waals surface area (Å²) in [5.41, 5.74) is 1.91. The molecule has 0 saturated carbocycles. The Morgan fingerprint density at radius 2 is 1.69 bits per heavy atom. The summed E-state index contributed by atoms with van der Waals surface area (Å²) in [5, 5.41) is 3.57. The number of hydrogen-bond acceptors (Lipinski definition) is 4. The minimum Gasteiger partial charge on any atom is -0.343 e. The van der Waals surface area contributed by atoms with Crippen LogP contribution in [0.4, 0.5) is 5.69 Å². The van der Waals surface area contributed by atoms with Crippen LogP contribution in [-0.2, 0) is 0 Å². The second-order valence-electron chi connectivity index (χ2n) is 6.54. The first-order chi connectivity index (χ1) is 13.8. The van der Waals surface area contributed by atoms with Gasteiger partial charge in [0.15, 0.2) is 0 Å². The number of carbonyl (C=O) groups excluding carboxylic acids is 2. The quantitative estimate of drug-likeness (QED) is 0.614. The van der Waals surface area contributed by atoms with Gasteiger partial charge in [0.2, 0.25) is 0 Å². The summed E-state index contributed by atoms with van der Waals surface area (Å²) in [6, 6.07) is 18.4. The first-order valence-electron chi connectivity index (χ1n) is 8.88. The Hall–Kier alpha value is -2.83. The minimum absolute atomic E-state index is 0.202. The molecule has 1 N–H and O–H groups in total. The maximum atomic E-state index is 12.6. The Morgan fingerprint density at radius 1 is 1.00 bits per heavy atom. The number of amides is 2. The van der Waals surface area contributed by atoms with Gasteiger partial charge in [-0.3, -0.25) is 9.59 Å². The number of nitrogens with zero attached hydrogens (tertiary/aromatic N) is 2. The van der Waals surface area contributed by atoms with Crippen LogP contribution >= 0.6 is 23.4 Å². The number of hydrogen-bond donors (Lipinski definition) is 1. The third-order valence-electron chi connectivity index (χ3n) is 4.13. The van der Waals surface area contributed by atoms with E-state index in [0.29, 0.717) is 27.7 Å². The van der Waals surface area contributed by atoms with E-state index in [-0.39, 0.29) is 11.8 Å². The molecule has 0 unspecified atom stereocenters. The molecule has 7 heteroatoms. The van der Waals surface area contributed by atoms with Gasteiger partial charge in [-0.1, -0.05) is 35.5 Å². The zero-order valence-electron chi connectivity index (χ0n) is 16.3. The Balaban J connectivity index is 1.69. The zero-order valence-corrected chi connectivity index (χ0v) is 17.8. The highest BCUT2D eigenvalue weighted by molar-refractivity contribution is 7.99. The van der Waals surface area contributed by atoms with E-state index in [1.54, 1.807) is 44.9 Å². The lowest BCUT2D eigenvalue weighted by molar-refractivity contribution is 0.0821. The molecule has 0 aliphatic carbocycles. The van der Waals surface area contributed by atoms with Crippen LogP contribution in [0.15, 0.2) is 70.5 Å². The van der Waals surface area contributed by atoms with E-state index in [0.717, 1.165) is 9.79 Å². The van der Waals surface area contributed by atoms with Crippen molar-refractivity contribution in [1.82, 2.24) is 9.88 Å². The molecular formula is C22H20ClN3O2S. The van der Waals surface area contributed by atoms with Crippen molar-refractivity contribution in [3.63, 3.8) is 0 Å². The topological polar surface area (TPSA) is 62.3 Å². The maximum absolute atomic E-state index is 12.6. The summed E-state index contributed by atoms with van der Waals surface area (Å²) < 4.78 is 0. The van der Waals surface area contributed by atoms with E-state index in [1.165, 1.54) is 4.90 Å². The van der Waals surface area contributed by atoms with Crippen LogP contribution < -0.4 is 5.32 Å². The molecule has 1 aromatic heterocycles. The highest BCUT2D eigenvalue weighted by Crippen LogP contribution is 2.33. The fourth-order valence-corrected chi connectivity index (χ4v) is 3.70. The van der Waals surface area contributed by atoms with Gasteiger partial charge >= 0.3 is 0 Å². The van der Waals surface area contributed by atoms with Crippen molar-refractivity contribution in [3.05, 3.63) is 82.6 Å². The molecule has 3 rings (SSSR count). The van der Waals surface area contributed by atoms with Crippen molar-refractivity contribution >= 4 is 40.9 Å². The summed E-state index contributed by atoms with van der Waals surface area (Å²) in [7, 11) is 3.32. The van der Waals surface area contributed by atoms with Gasteiger partial charge in [-0.05, 0) is 55.5 Å². The number of pyridine rings is 1. The average molecular weight is 426 g/mol. The standard InChI is InChI=1S/C22H20ClN3O2S/c1-14-17(12-13-19(24-14)22(28)26(2)3)21(27)25-15-8-10-16(11-9-15)29-20-7-5-4-6-18(20)23/h4-13H,1-3H3,(H,25,27). The van der Waals surface area contributed by atoms with Gasteiger partial charge in [0, 0.05) is 29.6 Å². The van der Waals surface area contributed by atoms with Crippen molar-refractivity contribution < 1.29 is 9.59 Å². The van der Waals surface area contributed by atoms with Crippen molar-refractivity contribution in [2.45, 2.75) is 16.7 Å². The van der Waals surface area contributed by atoms with Gasteiger partial charge in [0.05, 0.1) is 16.3 Å². The van der Waals surface area contributed by atoms with Gasteiger partial charge in [0.1, 0.15) is 5.69 Å². The molecule has 0 radical (unpaired) electrons. The summed E-state index contributed by atoms with van der Waals surface area (Å²) in [6.07, 6.45) is 0. The van der Waals surface area contributed by atoms with Crippen LogP contribution in [0.5, 0.6) is 0 Å². The fourth-order valence-electron chi connectivity index (χ4n) is 2.61. The lowest BCUT2D eigenvalue weighted by Gasteiger charge is -2.12. The van der Waals surface area contributed by atoms with Crippen LogP contribution in [-0.4, -0.2) is 35.8 Å². The van der Waals surface area contributed by atoms with Crippen molar-refractivity contribution in [2.24, 2.45) is 0 Å². The van der Waals surface area contributed by atoms with Crippen molar-refractivity contribution in [1.29, 1.82) is 0 Å². The first kappa shape index (κ1) is 20.9. The highest BCUT2D eigenvalue weighted by Gasteiger charge is 2.15. The van der Waals surface area contributed by atoms with Gasteiger partial charge in [-0.15, -0.1) is 0 Å². The number of aromatic nitrogens is 1. The number of anilines is 1. The molecule has 0 spiro atoms. The Labute approximate surface area is 179 Å². The van der Waals surface area contributed by atoms with E-state index < -0.39 is 0 Å². The van der Waals surface area contributed by atoms with Crippen molar-refractivity contribution in [3.8, 4) is 0 Å². The minimum atomic E-state index is -0.273. The first-order valence-corrected chi connectivity index (χ1v) is 10.1. The summed E-state index contributed by atoms with van der Waals surface area (Å²) in [5.74, 6) is -0.475. The molecule has 0 atom stereocenters. The number of carbonyl (C=O) groups is 2. The lowest BCUT2D eigenvalue weighted by Crippen LogP contribution is -2.23. The number of rotatable bonds is 5. The third kappa shape index (κ3) is 5.16.